The van der Waals surface area contributed by atoms with Gasteiger partial charge in [-0.05, 0) is 0 Å². The highest BCUT2D eigenvalue weighted by Gasteiger charge is 2.10. The van der Waals surface area contributed by atoms with E-state index in [2.05, 4.69) is 0 Å². The van der Waals surface area contributed by atoms with E-state index in [-0.39, 0.29) is 0 Å². The molecule has 0 aliphatic carbocycles. The van der Waals surface area contributed by atoms with E-state index in [1.807, 2.05) is 0 Å². The van der Waals surface area contributed by atoms with E-state index in [0.717, 1.165) is 19.2 Å². The van der Waals surface area contributed by atoms with Gasteiger partial charge in [0.05, 0.1) is 13.2 Å². The van der Waals surface area contributed by atoms with Gasteiger partial charge >= 0.3 is 0 Å². The van der Waals surface area contributed by atoms with Gasteiger partial charge in [0.1, 0.15) is 0 Å². The van der Waals surface area contributed by atoms with Crippen LogP contribution < -0.4 is 0 Å². The molecule has 0 unspecified atom stereocenters. The SMILES string of the molecule is O=CN1CCOCCN(C=O)CCN(C=O)CC1. The van der Waals surface area contributed by atoms with Crippen LogP contribution in [0.15, 0.2) is 0 Å². The minimum absolute atomic E-state index is 0.437. The molecule has 0 saturated carbocycles. The number of rotatable bonds is 3. The molecule has 0 aromatic carbocycles. The molecule has 7 heteroatoms. The first-order valence-corrected chi connectivity index (χ1v) is 5.96. The monoisotopic (exact) mass is 257 g/mol. The lowest BCUT2D eigenvalue weighted by atomic mass is 10.4. The van der Waals surface area contributed by atoms with E-state index in [1.165, 1.54) is 0 Å². The predicted octanol–water partition coefficient (Wildman–Crippen LogP) is -1.61. The van der Waals surface area contributed by atoms with Gasteiger partial charge in [0.25, 0.3) is 0 Å². The van der Waals surface area contributed by atoms with Crippen LogP contribution in [0.5, 0.6) is 0 Å². The smallest absolute Gasteiger partial charge is 0.209 e. The zero-order chi connectivity index (χ0) is 13.2. The third kappa shape index (κ3) is 5.13. The Balaban J connectivity index is 2.52. The summed E-state index contributed by atoms with van der Waals surface area (Å²) in [5.74, 6) is 0. The van der Waals surface area contributed by atoms with E-state index in [9.17, 15) is 14.4 Å². The van der Waals surface area contributed by atoms with Crippen LogP contribution in [0.25, 0.3) is 0 Å². The molecule has 1 fully saturated rings. The fourth-order valence-electron chi connectivity index (χ4n) is 1.63. The minimum atomic E-state index is 0.437. The summed E-state index contributed by atoms with van der Waals surface area (Å²) >= 11 is 0. The van der Waals surface area contributed by atoms with Crippen LogP contribution in [0.2, 0.25) is 0 Å². The van der Waals surface area contributed by atoms with Crippen molar-refractivity contribution in [3.05, 3.63) is 0 Å². The maximum atomic E-state index is 10.9. The van der Waals surface area contributed by atoms with Gasteiger partial charge in [-0.1, -0.05) is 0 Å². The van der Waals surface area contributed by atoms with E-state index in [0.29, 0.717) is 52.5 Å². The van der Waals surface area contributed by atoms with Gasteiger partial charge in [-0.15, -0.1) is 0 Å². The highest BCUT2D eigenvalue weighted by atomic mass is 16.5. The van der Waals surface area contributed by atoms with Crippen LogP contribution in [-0.2, 0) is 19.1 Å². The molecule has 0 aromatic heterocycles. The number of nitrogens with zero attached hydrogens (tertiary/aromatic N) is 3. The molecule has 0 aromatic rings. The van der Waals surface area contributed by atoms with Crippen LogP contribution in [0.1, 0.15) is 0 Å². The van der Waals surface area contributed by atoms with Crippen molar-refractivity contribution in [3.8, 4) is 0 Å². The third-order valence-electron chi connectivity index (χ3n) is 2.84. The Kier molecular flexibility index (Phi) is 6.78. The standard InChI is InChI=1S/C11H19N3O4/c15-9-12-1-3-13(10-16)5-7-18-8-6-14(11-17)4-2-12/h9-11H,1-8H2. The van der Waals surface area contributed by atoms with Gasteiger partial charge in [-0.25, -0.2) is 0 Å². The number of amides is 3. The molecule has 0 bridgehead atoms. The van der Waals surface area contributed by atoms with Crippen LogP contribution in [0, 0.1) is 0 Å². The van der Waals surface area contributed by atoms with Crippen molar-refractivity contribution in [1.29, 1.82) is 0 Å². The molecule has 1 aliphatic heterocycles. The van der Waals surface area contributed by atoms with Crippen LogP contribution >= 0.6 is 0 Å². The van der Waals surface area contributed by atoms with Crippen molar-refractivity contribution in [2.45, 2.75) is 0 Å². The van der Waals surface area contributed by atoms with Gasteiger partial charge in [0.2, 0.25) is 19.2 Å². The molecule has 0 spiro atoms. The zero-order valence-electron chi connectivity index (χ0n) is 10.4. The maximum absolute atomic E-state index is 10.9. The molecule has 1 heterocycles. The molecule has 1 saturated heterocycles. The Bertz CT molecular complexity index is 253. The molecular formula is C11H19N3O4. The van der Waals surface area contributed by atoms with Crippen molar-refractivity contribution < 1.29 is 19.1 Å². The summed E-state index contributed by atoms with van der Waals surface area (Å²) in [6, 6.07) is 0. The quantitative estimate of drug-likeness (QED) is 0.570. The van der Waals surface area contributed by atoms with Crippen LogP contribution in [-0.4, -0.2) is 86.4 Å². The van der Waals surface area contributed by atoms with Gasteiger partial charge < -0.3 is 19.4 Å². The largest absolute Gasteiger partial charge is 0.378 e. The number of carbonyl (C=O) groups excluding carboxylic acids is 3. The normalized spacial score (nSPS) is 19.7. The Morgan fingerprint density at radius 3 is 1.28 bits per heavy atom. The van der Waals surface area contributed by atoms with Crippen LogP contribution in [0.3, 0.4) is 0 Å². The Hall–Kier alpha value is -1.63. The van der Waals surface area contributed by atoms with E-state index in [4.69, 9.17) is 4.74 Å². The Labute approximate surface area is 106 Å². The molecule has 0 N–H and O–H groups in total. The third-order valence-corrected chi connectivity index (χ3v) is 2.84. The Morgan fingerprint density at radius 1 is 0.611 bits per heavy atom. The van der Waals surface area contributed by atoms with Gasteiger partial charge in [0, 0.05) is 39.3 Å². The first kappa shape index (κ1) is 14.4. The van der Waals surface area contributed by atoms with Crippen molar-refractivity contribution in [2.24, 2.45) is 0 Å². The van der Waals surface area contributed by atoms with Crippen molar-refractivity contribution in [3.63, 3.8) is 0 Å². The minimum Gasteiger partial charge on any atom is -0.378 e. The molecule has 0 atom stereocenters. The molecule has 7 nitrogen and oxygen atoms in total. The average molecular weight is 257 g/mol. The summed E-state index contributed by atoms with van der Waals surface area (Å²) in [7, 11) is 0. The molecule has 1 aliphatic rings. The zero-order valence-corrected chi connectivity index (χ0v) is 10.4. The summed E-state index contributed by atoms with van der Waals surface area (Å²) in [4.78, 5) is 37.1. The lowest BCUT2D eigenvalue weighted by molar-refractivity contribution is -0.124. The summed E-state index contributed by atoms with van der Waals surface area (Å²) in [5.41, 5.74) is 0. The van der Waals surface area contributed by atoms with Crippen LogP contribution in [0.4, 0.5) is 0 Å². The fourth-order valence-corrected chi connectivity index (χ4v) is 1.63. The second kappa shape index (κ2) is 8.46. The Morgan fingerprint density at radius 2 is 0.944 bits per heavy atom. The predicted molar refractivity (Wildman–Crippen MR) is 63.7 cm³/mol. The molecule has 18 heavy (non-hydrogen) atoms. The summed E-state index contributed by atoms with van der Waals surface area (Å²) in [5, 5.41) is 0. The van der Waals surface area contributed by atoms with Gasteiger partial charge in [0.15, 0.2) is 0 Å². The van der Waals surface area contributed by atoms with Crippen molar-refractivity contribution in [2.75, 3.05) is 52.5 Å². The first-order valence-electron chi connectivity index (χ1n) is 5.96. The van der Waals surface area contributed by atoms with Crippen molar-refractivity contribution in [1.82, 2.24) is 14.7 Å². The molecule has 3 amide bonds. The number of hydrogen-bond acceptors (Lipinski definition) is 4. The summed E-state index contributed by atoms with van der Waals surface area (Å²) < 4.78 is 5.34. The lowest BCUT2D eigenvalue weighted by Crippen LogP contribution is -2.41. The number of carbonyl (C=O) groups is 3. The average Bonchev–Trinajstić information content (AvgIpc) is 2.40. The van der Waals surface area contributed by atoms with Crippen molar-refractivity contribution >= 4 is 19.2 Å². The molecule has 0 radical (unpaired) electrons. The topological polar surface area (TPSA) is 70.2 Å². The van der Waals surface area contributed by atoms with E-state index < -0.39 is 0 Å². The molecule has 102 valence electrons. The maximum Gasteiger partial charge on any atom is 0.209 e. The first-order chi connectivity index (χ1) is 8.80. The van der Waals surface area contributed by atoms with Gasteiger partial charge in [-0.2, -0.15) is 0 Å². The number of hydrogen-bond donors (Lipinski definition) is 0. The lowest BCUT2D eigenvalue weighted by Gasteiger charge is -2.26. The number of ether oxygens (including phenoxy) is 1. The van der Waals surface area contributed by atoms with E-state index in [1.54, 1.807) is 14.7 Å². The summed E-state index contributed by atoms with van der Waals surface area (Å²) in [6.45, 7) is 3.76. The highest BCUT2D eigenvalue weighted by Crippen LogP contribution is 1.93. The molecule has 1 rings (SSSR count). The summed E-state index contributed by atoms with van der Waals surface area (Å²) in [6.07, 6.45) is 2.26. The second-order valence-corrected chi connectivity index (χ2v) is 4.04. The highest BCUT2D eigenvalue weighted by molar-refractivity contribution is 5.49. The second-order valence-electron chi connectivity index (χ2n) is 4.04. The fraction of sp³-hybridized carbons (Fsp3) is 0.727. The van der Waals surface area contributed by atoms with Gasteiger partial charge in [-0.3, -0.25) is 14.4 Å². The van der Waals surface area contributed by atoms with E-state index >= 15 is 0 Å². The molecular weight excluding hydrogens is 238 g/mol.